The average molecular weight is 226 g/mol. The third-order valence-electron chi connectivity index (χ3n) is 2.60. The Hall–Kier alpha value is -2.56. The van der Waals surface area contributed by atoms with E-state index in [9.17, 15) is 4.79 Å². The van der Waals surface area contributed by atoms with Crippen molar-refractivity contribution < 1.29 is 0 Å². The third kappa shape index (κ3) is 1.48. The first-order chi connectivity index (χ1) is 8.25. The molecule has 0 aliphatic heterocycles. The number of aromatic amines is 1. The number of hydrogen-bond donors (Lipinski definition) is 2. The van der Waals surface area contributed by atoms with Gasteiger partial charge in [-0.05, 0) is 6.07 Å². The lowest BCUT2D eigenvalue weighted by Crippen LogP contribution is -2.10. The lowest BCUT2D eigenvalue weighted by atomic mass is 10.1. The van der Waals surface area contributed by atoms with Crippen molar-refractivity contribution in [1.82, 2.24) is 14.6 Å². The molecule has 3 N–H and O–H groups in total. The van der Waals surface area contributed by atoms with Crippen LogP contribution in [0.3, 0.4) is 0 Å². The molecule has 5 heteroatoms. The number of aromatic nitrogens is 3. The molecule has 17 heavy (non-hydrogen) atoms. The Morgan fingerprint density at radius 2 is 1.88 bits per heavy atom. The van der Waals surface area contributed by atoms with Gasteiger partial charge in [-0.3, -0.25) is 9.89 Å². The van der Waals surface area contributed by atoms with Gasteiger partial charge < -0.3 is 5.73 Å². The first-order valence-corrected chi connectivity index (χ1v) is 5.18. The smallest absolute Gasteiger partial charge is 0.262 e. The number of nitrogens with one attached hydrogen (secondary N) is 1. The zero-order chi connectivity index (χ0) is 11.8. The number of nitrogen functional groups attached to an aromatic ring is 1. The molecule has 0 aliphatic rings. The van der Waals surface area contributed by atoms with E-state index in [1.807, 2.05) is 30.3 Å². The number of rotatable bonds is 1. The van der Waals surface area contributed by atoms with E-state index in [4.69, 9.17) is 5.73 Å². The van der Waals surface area contributed by atoms with Crippen LogP contribution in [0.5, 0.6) is 0 Å². The molecular weight excluding hydrogens is 216 g/mol. The number of fused-ring (bicyclic) bond motifs is 1. The number of nitrogens with zero attached hydrogens (tertiary/aromatic N) is 2. The van der Waals surface area contributed by atoms with Gasteiger partial charge in [-0.2, -0.15) is 0 Å². The molecule has 0 fully saturated rings. The maximum Gasteiger partial charge on any atom is 0.262 e. The van der Waals surface area contributed by atoms with Crippen molar-refractivity contribution in [2.24, 2.45) is 0 Å². The molecule has 0 spiro atoms. The standard InChI is InChI=1S/C12H10N4O/c13-12-14-11(8-4-2-1-3-5-8)9-6-7-10(17)15-16(9)12/h1-7H,(H2,13,14)(H,15,17). The zero-order valence-corrected chi connectivity index (χ0v) is 8.92. The lowest BCUT2D eigenvalue weighted by molar-refractivity contribution is 0.910. The van der Waals surface area contributed by atoms with Gasteiger partial charge in [0.2, 0.25) is 5.95 Å². The summed E-state index contributed by atoms with van der Waals surface area (Å²) in [6, 6.07) is 12.9. The Kier molecular flexibility index (Phi) is 1.98. The Bertz CT molecular complexity index is 727. The predicted molar refractivity (Wildman–Crippen MR) is 65.7 cm³/mol. The van der Waals surface area contributed by atoms with E-state index in [1.54, 1.807) is 6.07 Å². The molecule has 0 saturated carbocycles. The molecule has 84 valence electrons. The van der Waals surface area contributed by atoms with E-state index < -0.39 is 0 Å². The van der Waals surface area contributed by atoms with Gasteiger partial charge >= 0.3 is 0 Å². The summed E-state index contributed by atoms with van der Waals surface area (Å²) in [5.74, 6) is 0.275. The second kappa shape index (κ2) is 3.48. The fourth-order valence-corrected chi connectivity index (χ4v) is 1.83. The molecule has 3 aromatic rings. The van der Waals surface area contributed by atoms with E-state index in [0.29, 0.717) is 0 Å². The van der Waals surface area contributed by atoms with Gasteiger partial charge in [0.05, 0.1) is 5.52 Å². The van der Waals surface area contributed by atoms with E-state index in [2.05, 4.69) is 10.1 Å². The van der Waals surface area contributed by atoms with Crippen LogP contribution < -0.4 is 11.3 Å². The molecule has 5 nitrogen and oxygen atoms in total. The van der Waals surface area contributed by atoms with Gasteiger partial charge in [0.1, 0.15) is 5.69 Å². The van der Waals surface area contributed by atoms with Crippen molar-refractivity contribution in [3.8, 4) is 11.3 Å². The maximum absolute atomic E-state index is 11.2. The minimum absolute atomic E-state index is 0.207. The summed E-state index contributed by atoms with van der Waals surface area (Å²) in [7, 11) is 0. The van der Waals surface area contributed by atoms with E-state index >= 15 is 0 Å². The Labute approximate surface area is 96.5 Å². The largest absolute Gasteiger partial charge is 0.368 e. The highest BCUT2D eigenvalue weighted by molar-refractivity contribution is 5.78. The summed E-state index contributed by atoms with van der Waals surface area (Å²) >= 11 is 0. The SMILES string of the molecule is Nc1nc(-c2ccccc2)c2ccc(=O)[nH]n12. The monoisotopic (exact) mass is 226 g/mol. The Morgan fingerprint density at radius 1 is 1.12 bits per heavy atom. The highest BCUT2D eigenvalue weighted by atomic mass is 16.1. The molecule has 0 aliphatic carbocycles. The van der Waals surface area contributed by atoms with Crippen molar-refractivity contribution in [3.05, 3.63) is 52.8 Å². The molecule has 0 radical (unpaired) electrons. The van der Waals surface area contributed by atoms with Crippen molar-refractivity contribution in [2.45, 2.75) is 0 Å². The molecule has 1 aromatic carbocycles. The summed E-state index contributed by atoms with van der Waals surface area (Å²) < 4.78 is 1.49. The minimum atomic E-state index is -0.207. The maximum atomic E-state index is 11.2. The molecule has 0 saturated heterocycles. The minimum Gasteiger partial charge on any atom is -0.368 e. The van der Waals surface area contributed by atoms with Gasteiger partial charge in [0.15, 0.2) is 0 Å². The first kappa shape index (κ1) is 9.65. The molecule has 0 amide bonds. The van der Waals surface area contributed by atoms with Gasteiger partial charge in [-0.1, -0.05) is 30.3 Å². The topological polar surface area (TPSA) is 76.2 Å². The van der Waals surface area contributed by atoms with Gasteiger partial charge in [0.25, 0.3) is 5.56 Å². The van der Waals surface area contributed by atoms with Crippen LogP contribution in [0.2, 0.25) is 0 Å². The van der Waals surface area contributed by atoms with Crippen molar-refractivity contribution >= 4 is 11.5 Å². The van der Waals surface area contributed by atoms with Gasteiger partial charge in [-0.25, -0.2) is 9.50 Å². The molecule has 0 atom stereocenters. The average Bonchev–Trinajstić information content (AvgIpc) is 2.68. The van der Waals surface area contributed by atoms with Crippen LogP contribution >= 0.6 is 0 Å². The molecule has 2 aromatic heterocycles. The number of hydrogen-bond acceptors (Lipinski definition) is 3. The van der Waals surface area contributed by atoms with E-state index in [0.717, 1.165) is 16.8 Å². The number of nitrogens with two attached hydrogens (primary N) is 1. The highest BCUT2D eigenvalue weighted by Gasteiger charge is 2.10. The number of benzene rings is 1. The number of anilines is 1. The quantitative estimate of drug-likeness (QED) is 0.656. The molecule has 0 bridgehead atoms. The summed E-state index contributed by atoms with van der Waals surface area (Å²) in [6.45, 7) is 0. The van der Waals surface area contributed by atoms with Crippen LogP contribution in [0.15, 0.2) is 47.3 Å². The second-order valence-electron chi connectivity index (χ2n) is 3.71. The molecule has 0 unspecified atom stereocenters. The fraction of sp³-hybridized carbons (Fsp3) is 0. The predicted octanol–water partition coefficient (Wildman–Crippen LogP) is 1.27. The molecular formula is C12H10N4O. The lowest BCUT2D eigenvalue weighted by Gasteiger charge is -1.97. The van der Waals surface area contributed by atoms with E-state index in [1.165, 1.54) is 10.6 Å². The van der Waals surface area contributed by atoms with Crippen LogP contribution in [0.25, 0.3) is 16.8 Å². The second-order valence-corrected chi connectivity index (χ2v) is 3.71. The summed E-state index contributed by atoms with van der Waals surface area (Å²) in [5, 5.41) is 2.62. The van der Waals surface area contributed by atoms with Crippen LogP contribution in [0.4, 0.5) is 5.95 Å². The van der Waals surface area contributed by atoms with Crippen molar-refractivity contribution in [2.75, 3.05) is 5.73 Å². The molecule has 3 rings (SSSR count). The van der Waals surface area contributed by atoms with Crippen molar-refractivity contribution in [3.63, 3.8) is 0 Å². The fourth-order valence-electron chi connectivity index (χ4n) is 1.83. The van der Waals surface area contributed by atoms with Gasteiger partial charge in [0, 0.05) is 11.6 Å². The summed E-state index contributed by atoms with van der Waals surface area (Å²) in [5.41, 5.74) is 8.07. The van der Waals surface area contributed by atoms with Crippen LogP contribution in [0, 0.1) is 0 Å². The molecule has 2 heterocycles. The number of H-pyrrole nitrogens is 1. The van der Waals surface area contributed by atoms with Crippen LogP contribution in [-0.2, 0) is 0 Å². The van der Waals surface area contributed by atoms with Crippen LogP contribution in [-0.4, -0.2) is 14.6 Å². The van der Waals surface area contributed by atoms with Crippen molar-refractivity contribution in [1.29, 1.82) is 0 Å². The van der Waals surface area contributed by atoms with Crippen LogP contribution in [0.1, 0.15) is 0 Å². The zero-order valence-electron chi connectivity index (χ0n) is 8.92. The van der Waals surface area contributed by atoms with E-state index in [-0.39, 0.29) is 11.5 Å². The third-order valence-corrected chi connectivity index (χ3v) is 2.60. The first-order valence-electron chi connectivity index (χ1n) is 5.18. The summed E-state index contributed by atoms with van der Waals surface area (Å²) in [6.07, 6.45) is 0. The Balaban J connectivity index is 2.36. The van der Waals surface area contributed by atoms with Gasteiger partial charge in [-0.15, -0.1) is 0 Å². The normalized spacial score (nSPS) is 10.8. The highest BCUT2D eigenvalue weighted by Crippen LogP contribution is 2.23. The Morgan fingerprint density at radius 3 is 2.65 bits per heavy atom. The summed E-state index contributed by atoms with van der Waals surface area (Å²) in [4.78, 5) is 15.5. The number of imidazole rings is 1.